The van der Waals surface area contributed by atoms with Gasteiger partial charge < -0.3 is 19.3 Å². The zero-order valence-corrected chi connectivity index (χ0v) is 18.7. The average molecular weight is 473 g/mol. The Morgan fingerprint density at radius 3 is 2.60 bits per heavy atom. The molecule has 0 saturated carbocycles. The first kappa shape index (κ1) is 19.7. The summed E-state index contributed by atoms with van der Waals surface area (Å²) in [4.78, 5) is 19.1. The maximum atomic E-state index is 5.82. The van der Waals surface area contributed by atoms with Crippen molar-refractivity contribution in [1.82, 2.24) is 19.5 Å². The highest BCUT2D eigenvalue weighted by molar-refractivity contribution is 9.10. The molecule has 0 N–H and O–H groups in total. The first-order valence-corrected chi connectivity index (χ1v) is 11.1. The van der Waals surface area contributed by atoms with Crippen molar-refractivity contribution >= 4 is 38.7 Å². The molecule has 1 aromatic carbocycles. The summed E-state index contributed by atoms with van der Waals surface area (Å²) in [5.74, 6) is 2.40. The van der Waals surface area contributed by atoms with Gasteiger partial charge in [-0.15, -0.1) is 0 Å². The number of halogens is 1. The SMILES string of the molecule is C[C@@H]1[C@@H](C)OCCN1c1nc(N2CCOCC2)c(Br)c(-n2cnc3ccccc32)n1. The third-order valence-electron chi connectivity index (χ3n) is 5.94. The molecule has 4 heterocycles. The van der Waals surface area contributed by atoms with Crippen molar-refractivity contribution in [3.63, 3.8) is 0 Å². The fourth-order valence-corrected chi connectivity index (χ4v) is 4.65. The van der Waals surface area contributed by atoms with Gasteiger partial charge in [-0.05, 0) is 41.9 Å². The maximum absolute atomic E-state index is 5.82. The molecule has 0 amide bonds. The Morgan fingerprint density at radius 1 is 1.00 bits per heavy atom. The van der Waals surface area contributed by atoms with Gasteiger partial charge in [-0.25, -0.2) is 4.98 Å². The van der Waals surface area contributed by atoms with E-state index >= 15 is 0 Å². The predicted molar refractivity (Wildman–Crippen MR) is 120 cm³/mol. The highest BCUT2D eigenvalue weighted by Crippen LogP contribution is 2.34. The molecule has 0 aliphatic carbocycles. The van der Waals surface area contributed by atoms with E-state index in [1.165, 1.54) is 0 Å². The van der Waals surface area contributed by atoms with Crippen molar-refractivity contribution < 1.29 is 9.47 Å². The molecule has 30 heavy (non-hydrogen) atoms. The van der Waals surface area contributed by atoms with Crippen LogP contribution in [-0.2, 0) is 9.47 Å². The monoisotopic (exact) mass is 472 g/mol. The lowest BCUT2D eigenvalue weighted by molar-refractivity contribution is 0.0277. The molecule has 0 unspecified atom stereocenters. The minimum absolute atomic E-state index is 0.121. The first-order chi connectivity index (χ1) is 14.6. The highest BCUT2D eigenvalue weighted by atomic mass is 79.9. The second kappa shape index (κ2) is 8.13. The molecule has 2 aliphatic heterocycles. The van der Waals surface area contributed by atoms with Gasteiger partial charge in [0.25, 0.3) is 0 Å². The van der Waals surface area contributed by atoms with Crippen molar-refractivity contribution in [3.8, 4) is 5.82 Å². The number of hydrogen-bond acceptors (Lipinski definition) is 7. The number of morpholine rings is 2. The van der Waals surface area contributed by atoms with Crippen LogP contribution in [0.5, 0.6) is 0 Å². The lowest BCUT2D eigenvalue weighted by Gasteiger charge is -2.38. The molecule has 2 aromatic heterocycles. The number of aromatic nitrogens is 4. The number of hydrogen-bond donors (Lipinski definition) is 0. The fourth-order valence-electron chi connectivity index (χ4n) is 4.03. The third-order valence-corrected chi connectivity index (χ3v) is 6.65. The summed E-state index contributed by atoms with van der Waals surface area (Å²) in [6, 6.07) is 8.27. The number of rotatable bonds is 3. The number of fused-ring (bicyclic) bond motifs is 1. The quantitative estimate of drug-likeness (QED) is 0.580. The van der Waals surface area contributed by atoms with Crippen LogP contribution in [0.15, 0.2) is 35.1 Å². The Balaban J connectivity index is 1.67. The summed E-state index contributed by atoms with van der Waals surface area (Å²) in [5.41, 5.74) is 1.95. The van der Waals surface area contributed by atoms with Gasteiger partial charge in [-0.2, -0.15) is 9.97 Å². The Kier molecular flexibility index (Phi) is 5.34. The molecular formula is C21H25BrN6O2. The molecule has 8 nitrogen and oxygen atoms in total. The minimum Gasteiger partial charge on any atom is -0.378 e. The number of anilines is 2. The van der Waals surface area contributed by atoms with Crippen molar-refractivity contribution in [2.75, 3.05) is 49.3 Å². The van der Waals surface area contributed by atoms with E-state index in [4.69, 9.17) is 19.4 Å². The molecule has 2 atom stereocenters. The Labute approximate surface area is 184 Å². The normalized spacial score (nSPS) is 22.6. The van der Waals surface area contributed by atoms with Gasteiger partial charge in [0.1, 0.15) is 10.8 Å². The van der Waals surface area contributed by atoms with E-state index in [0.717, 1.165) is 52.7 Å². The number of ether oxygens (including phenoxy) is 2. The van der Waals surface area contributed by atoms with E-state index in [2.05, 4.69) is 50.6 Å². The molecule has 5 rings (SSSR count). The Bertz CT molecular complexity index is 1050. The van der Waals surface area contributed by atoms with Crippen LogP contribution in [0.2, 0.25) is 0 Å². The summed E-state index contributed by atoms with van der Waals surface area (Å²) in [7, 11) is 0. The van der Waals surface area contributed by atoms with E-state index < -0.39 is 0 Å². The summed E-state index contributed by atoms with van der Waals surface area (Å²) >= 11 is 3.81. The zero-order valence-electron chi connectivity index (χ0n) is 17.2. The number of para-hydroxylation sites is 2. The molecular weight excluding hydrogens is 448 g/mol. The van der Waals surface area contributed by atoms with E-state index in [1.54, 1.807) is 0 Å². The molecule has 2 fully saturated rings. The molecule has 9 heteroatoms. The van der Waals surface area contributed by atoms with Gasteiger partial charge in [-0.3, -0.25) is 4.57 Å². The number of nitrogens with zero attached hydrogens (tertiary/aromatic N) is 6. The molecule has 2 saturated heterocycles. The molecule has 0 spiro atoms. The van der Waals surface area contributed by atoms with E-state index in [-0.39, 0.29) is 12.1 Å². The number of imidazole rings is 1. The second-order valence-corrected chi connectivity index (χ2v) is 8.49. The standard InChI is InChI=1S/C21H25BrN6O2/c1-14-15(2)30-12-9-27(14)21-24-19(26-7-10-29-11-8-26)18(22)20(25-21)28-13-23-16-5-3-4-6-17(16)28/h3-6,13-15H,7-12H2,1-2H3/t14-,15-/m1/s1. The maximum Gasteiger partial charge on any atom is 0.229 e. The van der Waals surface area contributed by atoms with E-state index in [9.17, 15) is 0 Å². The van der Waals surface area contributed by atoms with Gasteiger partial charge in [0.05, 0.1) is 43.0 Å². The van der Waals surface area contributed by atoms with E-state index in [0.29, 0.717) is 19.8 Å². The van der Waals surface area contributed by atoms with Gasteiger partial charge in [0.2, 0.25) is 5.95 Å². The number of benzene rings is 1. The van der Waals surface area contributed by atoms with Gasteiger partial charge in [0, 0.05) is 19.6 Å². The van der Waals surface area contributed by atoms with Crippen LogP contribution in [0.3, 0.4) is 0 Å². The van der Waals surface area contributed by atoms with Crippen LogP contribution >= 0.6 is 15.9 Å². The Hall–Kier alpha value is -2.23. The summed E-state index contributed by atoms with van der Waals surface area (Å²) < 4.78 is 14.3. The molecule has 3 aromatic rings. The molecule has 2 aliphatic rings. The minimum atomic E-state index is 0.121. The summed E-state index contributed by atoms with van der Waals surface area (Å²) in [6.07, 6.45) is 1.95. The smallest absolute Gasteiger partial charge is 0.229 e. The fraction of sp³-hybridized carbons (Fsp3) is 0.476. The lowest BCUT2D eigenvalue weighted by Crippen LogP contribution is -2.49. The Morgan fingerprint density at radius 2 is 1.77 bits per heavy atom. The summed E-state index contributed by atoms with van der Waals surface area (Å²) in [6.45, 7) is 8.68. The van der Waals surface area contributed by atoms with Crippen molar-refractivity contribution in [2.45, 2.75) is 26.0 Å². The van der Waals surface area contributed by atoms with Crippen LogP contribution in [0, 0.1) is 0 Å². The molecule has 0 bridgehead atoms. The second-order valence-electron chi connectivity index (χ2n) is 7.70. The van der Waals surface area contributed by atoms with Crippen molar-refractivity contribution in [2.24, 2.45) is 0 Å². The van der Waals surface area contributed by atoms with Gasteiger partial charge in [0.15, 0.2) is 11.6 Å². The molecule has 158 valence electrons. The molecule has 0 radical (unpaired) electrons. The van der Waals surface area contributed by atoms with Crippen molar-refractivity contribution in [3.05, 3.63) is 35.1 Å². The predicted octanol–water partition coefficient (Wildman–Crippen LogP) is 3.03. The topological polar surface area (TPSA) is 68.5 Å². The van der Waals surface area contributed by atoms with Gasteiger partial charge in [-0.1, -0.05) is 12.1 Å². The highest BCUT2D eigenvalue weighted by Gasteiger charge is 2.30. The van der Waals surface area contributed by atoms with Crippen LogP contribution in [0.25, 0.3) is 16.9 Å². The van der Waals surface area contributed by atoms with E-state index in [1.807, 2.05) is 29.1 Å². The largest absolute Gasteiger partial charge is 0.378 e. The average Bonchev–Trinajstić information content (AvgIpc) is 3.21. The zero-order chi connectivity index (χ0) is 20.7. The van der Waals surface area contributed by atoms with Crippen LogP contribution in [0.4, 0.5) is 11.8 Å². The van der Waals surface area contributed by atoms with Crippen LogP contribution in [-0.4, -0.2) is 71.1 Å². The third kappa shape index (κ3) is 3.44. The first-order valence-electron chi connectivity index (χ1n) is 10.3. The van der Waals surface area contributed by atoms with Crippen LogP contribution < -0.4 is 9.80 Å². The van der Waals surface area contributed by atoms with Crippen molar-refractivity contribution in [1.29, 1.82) is 0 Å². The lowest BCUT2D eigenvalue weighted by atomic mass is 10.1. The van der Waals surface area contributed by atoms with Gasteiger partial charge >= 0.3 is 0 Å². The van der Waals surface area contributed by atoms with Crippen LogP contribution in [0.1, 0.15) is 13.8 Å². The summed E-state index contributed by atoms with van der Waals surface area (Å²) in [5, 5.41) is 0.